The summed E-state index contributed by atoms with van der Waals surface area (Å²) < 4.78 is 10.8. The summed E-state index contributed by atoms with van der Waals surface area (Å²) in [5.41, 5.74) is 3.30. The van der Waals surface area contributed by atoms with Gasteiger partial charge in [0.25, 0.3) is 0 Å². The van der Waals surface area contributed by atoms with Gasteiger partial charge < -0.3 is 19.7 Å². The summed E-state index contributed by atoms with van der Waals surface area (Å²) in [6, 6.07) is 18.3. The number of anilines is 1. The maximum absolute atomic E-state index is 12.2. The van der Waals surface area contributed by atoms with E-state index in [-0.39, 0.29) is 12.6 Å². The van der Waals surface area contributed by atoms with Crippen molar-refractivity contribution < 1.29 is 14.3 Å². The Labute approximate surface area is 167 Å². The summed E-state index contributed by atoms with van der Waals surface area (Å²) in [6.07, 6.45) is -0.396. The lowest BCUT2D eigenvalue weighted by atomic mass is 10.0. The Balaban J connectivity index is 1.61. The monoisotopic (exact) mass is 383 g/mol. The van der Waals surface area contributed by atoms with E-state index in [4.69, 9.17) is 9.47 Å². The third-order valence-electron chi connectivity index (χ3n) is 4.93. The minimum atomic E-state index is -0.396. The molecule has 2 aromatic carbocycles. The van der Waals surface area contributed by atoms with Crippen molar-refractivity contribution in [3.05, 3.63) is 65.7 Å². The number of amides is 1. The van der Waals surface area contributed by atoms with Crippen molar-refractivity contribution in [3.63, 3.8) is 0 Å². The maximum Gasteiger partial charge on any atom is 0.407 e. The highest BCUT2D eigenvalue weighted by atomic mass is 16.5. The van der Waals surface area contributed by atoms with Gasteiger partial charge in [0.05, 0.1) is 19.3 Å². The molecule has 1 atom stereocenters. The molecule has 0 aliphatic carbocycles. The molecule has 3 rings (SSSR count). The second kappa shape index (κ2) is 10.1. The summed E-state index contributed by atoms with van der Waals surface area (Å²) >= 11 is 0. The molecule has 28 heavy (non-hydrogen) atoms. The molecule has 0 spiro atoms. The molecule has 1 heterocycles. The van der Waals surface area contributed by atoms with Crippen LogP contribution in [0.2, 0.25) is 0 Å². The predicted molar refractivity (Wildman–Crippen MR) is 111 cm³/mol. The van der Waals surface area contributed by atoms with Crippen LogP contribution in [0.3, 0.4) is 0 Å². The zero-order valence-electron chi connectivity index (χ0n) is 16.6. The Morgan fingerprint density at radius 3 is 2.43 bits per heavy atom. The minimum Gasteiger partial charge on any atom is -0.445 e. The molecule has 1 amide bonds. The quantitative estimate of drug-likeness (QED) is 0.796. The number of nitrogens with one attached hydrogen (secondary N) is 1. The molecule has 1 saturated heterocycles. The van der Waals surface area contributed by atoms with Crippen LogP contribution in [0.1, 0.15) is 17.2 Å². The van der Waals surface area contributed by atoms with E-state index in [0.717, 1.165) is 24.3 Å². The highest BCUT2D eigenvalue weighted by molar-refractivity contribution is 5.67. The van der Waals surface area contributed by atoms with Crippen molar-refractivity contribution in [1.29, 1.82) is 0 Å². The average Bonchev–Trinajstić information content (AvgIpc) is 2.74. The molecule has 0 aromatic heterocycles. The Morgan fingerprint density at radius 2 is 1.79 bits per heavy atom. The number of carbonyl (C=O) groups excluding carboxylic acids is 1. The molecule has 2 aromatic rings. The first-order valence-electron chi connectivity index (χ1n) is 9.67. The van der Waals surface area contributed by atoms with Crippen LogP contribution >= 0.6 is 0 Å². The fourth-order valence-corrected chi connectivity index (χ4v) is 3.30. The summed E-state index contributed by atoms with van der Waals surface area (Å²) in [4.78, 5) is 16.6. The van der Waals surface area contributed by atoms with Gasteiger partial charge in [-0.1, -0.05) is 42.5 Å². The van der Waals surface area contributed by atoms with Gasteiger partial charge in [-0.25, -0.2) is 4.79 Å². The molecular weight excluding hydrogens is 354 g/mol. The molecule has 150 valence electrons. The van der Waals surface area contributed by atoms with E-state index in [2.05, 4.69) is 39.4 Å². The van der Waals surface area contributed by atoms with Crippen molar-refractivity contribution in [2.75, 3.05) is 51.8 Å². The van der Waals surface area contributed by atoms with Crippen LogP contribution in [-0.4, -0.2) is 57.9 Å². The number of ether oxygens (including phenoxy) is 2. The van der Waals surface area contributed by atoms with Gasteiger partial charge in [0.1, 0.15) is 6.61 Å². The first-order valence-corrected chi connectivity index (χ1v) is 9.67. The van der Waals surface area contributed by atoms with E-state index in [1.807, 2.05) is 44.4 Å². The van der Waals surface area contributed by atoms with Gasteiger partial charge in [-0.05, 0) is 23.3 Å². The van der Waals surface area contributed by atoms with E-state index in [0.29, 0.717) is 19.8 Å². The minimum absolute atomic E-state index is 0.0874. The van der Waals surface area contributed by atoms with Gasteiger partial charge in [0, 0.05) is 39.4 Å². The fraction of sp³-hybridized carbons (Fsp3) is 0.409. The third kappa shape index (κ3) is 5.71. The number of morpholine rings is 1. The lowest BCUT2D eigenvalue weighted by molar-refractivity contribution is 0.0160. The fourth-order valence-electron chi connectivity index (χ4n) is 3.30. The van der Waals surface area contributed by atoms with Crippen molar-refractivity contribution in [1.82, 2.24) is 10.2 Å². The van der Waals surface area contributed by atoms with Crippen LogP contribution in [0.4, 0.5) is 10.5 Å². The maximum atomic E-state index is 12.2. The molecule has 1 N–H and O–H groups in total. The predicted octanol–water partition coefficient (Wildman–Crippen LogP) is 3.05. The Morgan fingerprint density at radius 1 is 1.11 bits per heavy atom. The molecule has 1 unspecified atom stereocenters. The molecular formula is C22H29N3O3. The van der Waals surface area contributed by atoms with Gasteiger partial charge in [-0.2, -0.15) is 0 Å². The molecule has 1 fully saturated rings. The van der Waals surface area contributed by atoms with Crippen LogP contribution < -0.4 is 10.2 Å². The van der Waals surface area contributed by atoms with Gasteiger partial charge in [0.15, 0.2) is 0 Å². The second-order valence-electron chi connectivity index (χ2n) is 7.09. The van der Waals surface area contributed by atoms with Crippen molar-refractivity contribution in [3.8, 4) is 0 Å². The SMILES string of the molecule is CN(C)c1ccc(C(CNC(=O)OCc2ccccc2)N2CCOCC2)cc1. The van der Waals surface area contributed by atoms with E-state index in [9.17, 15) is 4.79 Å². The van der Waals surface area contributed by atoms with E-state index in [1.165, 1.54) is 5.56 Å². The van der Waals surface area contributed by atoms with E-state index in [1.54, 1.807) is 0 Å². The van der Waals surface area contributed by atoms with Gasteiger partial charge >= 0.3 is 6.09 Å². The molecule has 1 aliphatic rings. The largest absolute Gasteiger partial charge is 0.445 e. The highest BCUT2D eigenvalue weighted by Gasteiger charge is 2.23. The molecule has 0 saturated carbocycles. The van der Waals surface area contributed by atoms with Gasteiger partial charge in [0.2, 0.25) is 0 Å². The molecule has 0 bridgehead atoms. The Kier molecular flexibility index (Phi) is 7.28. The number of nitrogens with zero attached hydrogens (tertiary/aromatic N) is 2. The van der Waals surface area contributed by atoms with Crippen LogP contribution in [0.5, 0.6) is 0 Å². The van der Waals surface area contributed by atoms with E-state index >= 15 is 0 Å². The van der Waals surface area contributed by atoms with Crippen LogP contribution in [0.25, 0.3) is 0 Å². The Bertz CT molecular complexity index is 728. The number of carbonyl (C=O) groups is 1. The summed E-state index contributed by atoms with van der Waals surface area (Å²) in [7, 11) is 4.05. The summed E-state index contributed by atoms with van der Waals surface area (Å²) in [5, 5.41) is 2.93. The normalized spacial score (nSPS) is 15.6. The number of benzene rings is 2. The van der Waals surface area contributed by atoms with Crippen molar-refractivity contribution in [2.24, 2.45) is 0 Å². The molecule has 1 aliphatic heterocycles. The standard InChI is InChI=1S/C22H29N3O3/c1-24(2)20-10-8-19(9-11-20)21(25-12-14-27-15-13-25)16-23-22(26)28-17-18-6-4-3-5-7-18/h3-11,21H,12-17H2,1-2H3,(H,23,26). The topological polar surface area (TPSA) is 54.0 Å². The zero-order chi connectivity index (χ0) is 19.8. The first-order chi connectivity index (χ1) is 13.6. The number of alkyl carbamates (subject to hydrolysis) is 1. The number of hydrogen-bond acceptors (Lipinski definition) is 5. The third-order valence-corrected chi connectivity index (χ3v) is 4.93. The summed E-state index contributed by atoms with van der Waals surface area (Å²) in [6.45, 7) is 3.89. The van der Waals surface area contributed by atoms with Crippen LogP contribution in [0.15, 0.2) is 54.6 Å². The van der Waals surface area contributed by atoms with Crippen molar-refractivity contribution >= 4 is 11.8 Å². The van der Waals surface area contributed by atoms with Crippen LogP contribution in [0, 0.1) is 0 Å². The second-order valence-corrected chi connectivity index (χ2v) is 7.09. The molecule has 0 radical (unpaired) electrons. The zero-order valence-corrected chi connectivity index (χ0v) is 16.6. The van der Waals surface area contributed by atoms with Gasteiger partial charge in [-0.3, -0.25) is 4.90 Å². The smallest absolute Gasteiger partial charge is 0.407 e. The summed E-state index contributed by atoms with van der Waals surface area (Å²) in [5.74, 6) is 0. The lowest BCUT2D eigenvalue weighted by Gasteiger charge is -2.35. The lowest BCUT2D eigenvalue weighted by Crippen LogP contribution is -2.43. The number of hydrogen-bond donors (Lipinski definition) is 1. The van der Waals surface area contributed by atoms with Crippen LogP contribution in [-0.2, 0) is 16.1 Å². The number of rotatable bonds is 7. The highest BCUT2D eigenvalue weighted by Crippen LogP contribution is 2.23. The van der Waals surface area contributed by atoms with Crippen molar-refractivity contribution in [2.45, 2.75) is 12.6 Å². The van der Waals surface area contributed by atoms with Gasteiger partial charge in [-0.15, -0.1) is 0 Å². The molecule has 6 nitrogen and oxygen atoms in total. The first kappa shape index (κ1) is 20.2. The average molecular weight is 383 g/mol. The molecule has 6 heteroatoms. The Hall–Kier alpha value is -2.57. The van der Waals surface area contributed by atoms with E-state index < -0.39 is 6.09 Å².